The van der Waals surface area contributed by atoms with Gasteiger partial charge >= 0.3 is 5.97 Å². The van der Waals surface area contributed by atoms with Crippen LogP contribution in [0.3, 0.4) is 0 Å². The molecule has 0 bridgehead atoms. The fourth-order valence-corrected chi connectivity index (χ4v) is 1.93. The topological polar surface area (TPSA) is 67.2 Å². The van der Waals surface area contributed by atoms with E-state index in [2.05, 4.69) is 10.4 Å². The fourth-order valence-electron chi connectivity index (χ4n) is 1.93. The molecule has 2 rings (SSSR count). The van der Waals surface area contributed by atoms with E-state index in [9.17, 15) is 4.79 Å². The Labute approximate surface area is 111 Å². The van der Waals surface area contributed by atoms with E-state index in [0.717, 1.165) is 23.5 Å². The molecule has 5 heteroatoms. The van der Waals surface area contributed by atoms with Gasteiger partial charge in [0.05, 0.1) is 17.8 Å². The molecule has 1 aromatic heterocycles. The zero-order chi connectivity index (χ0) is 13.8. The van der Waals surface area contributed by atoms with Crippen molar-refractivity contribution in [1.29, 1.82) is 0 Å². The second-order valence-electron chi connectivity index (χ2n) is 4.33. The Hall–Kier alpha value is -2.30. The number of aromatic carboxylic acids is 1. The summed E-state index contributed by atoms with van der Waals surface area (Å²) in [6, 6.07) is 7.03. The minimum absolute atomic E-state index is 0.289. The maximum atomic E-state index is 11.0. The van der Waals surface area contributed by atoms with E-state index in [1.807, 2.05) is 30.7 Å². The van der Waals surface area contributed by atoms with Crippen LogP contribution in [0, 0.1) is 6.92 Å². The van der Waals surface area contributed by atoms with Gasteiger partial charge in [-0.25, -0.2) is 4.79 Å². The molecular formula is C14H17N3O2. The third kappa shape index (κ3) is 2.93. The molecule has 100 valence electrons. The third-order valence-electron chi connectivity index (χ3n) is 3.05. The van der Waals surface area contributed by atoms with Crippen molar-refractivity contribution in [3.05, 3.63) is 47.3 Å². The van der Waals surface area contributed by atoms with Gasteiger partial charge in [-0.3, -0.25) is 4.68 Å². The zero-order valence-corrected chi connectivity index (χ0v) is 11.1. The van der Waals surface area contributed by atoms with Gasteiger partial charge in [-0.15, -0.1) is 0 Å². The lowest BCUT2D eigenvalue weighted by Gasteiger charge is -2.11. The zero-order valence-electron chi connectivity index (χ0n) is 11.1. The number of carboxylic acids is 1. The van der Waals surface area contributed by atoms with Gasteiger partial charge in [-0.2, -0.15) is 5.10 Å². The normalized spacial score (nSPS) is 10.4. The summed E-state index contributed by atoms with van der Waals surface area (Å²) in [6.45, 7) is 5.42. The number of rotatable bonds is 5. The molecule has 1 heterocycles. The lowest BCUT2D eigenvalue weighted by Crippen LogP contribution is -2.09. The van der Waals surface area contributed by atoms with E-state index in [-0.39, 0.29) is 5.56 Å². The fraction of sp³-hybridized carbons (Fsp3) is 0.286. The van der Waals surface area contributed by atoms with E-state index in [1.54, 1.807) is 18.3 Å². The maximum absolute atomic E-state index is 11.0. The summed E-state index contributed by atoms with van der Waals surface area (Å²) in [5.41, 5.74) is 3.22. The summed E-state index contributed by atoms with van der Waals surface area (Å²) in [6.07, 6.45) is 1.76. The molecule has 0 saturated heterocycles. The molecule has 1 aromatic carbocycles. The lowest BCUT2D eigenvalue weighted by atomic mass is 10.1. The van der Waals surface area contributed by atoms with Gasteiger partial charge < -0.3 is 10.4 Å². The molecule has 0 fully saturated rings. The molecule has 2 aromatic rings. The van der Waals surface area contributed by atoms with Gasteiger partial charge in [0, 0.05) is 18.4 Å². The Bertz CT molecular complexity index is 590. The van der Waals surface area contributed by atoms with Crippen molar-refractivity contribution in [2.24, 2.45) is 0 Å². The first-order chi connectivity index (χ1) is 9.11. The molecule has 0 aliphatic rings. The van der Waals surface area contributed by atoms with Crippen LogP contribution in [0.4, 0.5) is 5.69 Å². The number of aryl methyl sites for hydroxylation is 2. The van der Waals surface area contributed by atoms with Crippen molar-refractivity contribution in [2.45, 2.75) is 26.9 Å². The van der Waals surface area contributed by atoms with Crippen LogP contribution >= 0.6 is 0 Å². The van der Waals surface area contributed by atoms with Crippen LogP contribution in [0.5, 0.6) is 0 Å². The molecule has 0 amide bonds. The number of hydrogen-bond acceptors (Lipinski definition) is 3. The Morgan fingerprint density at radius 2 is 2.21 bits per heavy atom. The van der Waals surface area contributed by atoms with Crippen molar-refractivity contribution in [2.75, 3.05) is 5.32 Å². The molecule has 0 unspecified atom stereocenters. The third-order valence-corrected chi connectivity index (χ3v) is 3.05. The second-order valence-corrected chi connectivity index (χ2v) is 4.33. The molecule has 19 heavy (non-hydrogen) atoms. The number of hydrogen-bond donors (Lipinski definition) is 2. The van der Waals surface area contributed by atoms with Crippen LogP contribution in [0.25, 0.3) is 0 Å². The van der Waals surface area contributed by atoms with Crippen molar-refractivity contribution in [3.63, 3.8) is 0 Å². The number of anilines is 1. The molecule has 0 spiro atoms. The van der Waals surface area contributed by atoms with Crippen LogP contribution in [0.15, 0.2) is 30.5 Å². The molecule has 5 nitrogen and oxygen atoms in total. The van der Waals surface area contributed by atoms with E-state index in [0.29, 0.717) is 6.54 Å². The summed E-state index contributed by atoms with van der Waals surface area (Å²) in [4.78, 5) is 11.0. The highest BCUT2D eigenvalue weighted by molar-refractivity contribution is 5.89. The molecule has 0 radical (unpaired) electrons. The predicted octanol–water partition coefficient (Wildman–Crippen LogP) is 2.52. The van der Waals surface area contributed by atoms with Crippen LogP contribution in [0.1, 0.15) is 28.5 Å². The van der Waals surface area contributed by atoms with Gasteiger partial charge in [-0.1, -0.05) is 6.07 Å². The Balaban J connectivity index is 2.15. The largest absolute Gasteiger partial charge is 0.478 e. The van der Waals surface area contributed by atoms with E-state index in [1.165, 1.54) is 0 Å². The smallest absolute Gasteiger partial charge is 0.335 e. The van der Waals surface area contributed by atoms with Gasteiger partial charge in [0.2, 0.25) is 0 Å². The minimum Gasteiger partial charge on any atom is -0.478 e. The van der Waals surface area contributed by atoms with Crippen molar-refractivity contribution < 1.29 is 9.90 Å². The lowest BCUT2D eigenvalue weighted by molar-refractivity contribution is 0.0697. The minimum atomic E-state index is -0.915. The molecule has 0 aliphatic carbocycles. The van der Waals surface area contributed by atoms with E-state index in [4.69, 9.17) is 5.11 Å². The summed E-state index contributed by atoms with van der Waals surface area (Å²) in [5, 5.41) is 16.5. The summed E-state index contributed by atoms with van der Waals surface area (Å²) < 4.78 is 1.91. The predicted molar refractivity (Wildman–Crippen MR) is 73.4 cm³/mol. The second kappa shape index (κ2) is 5.56. The molecule has 0 aliphatic heterocycles. The number of aromatic nitrogens is 2. The maximum Gasteiger partial charge on any atom is 0.335 e. The first kappa shape index (κ1) is 13.1. The average molecular weight is 259 g/mol. The van der Waals surface area contributed by atoms with Gasteiger partial charge in [0.1, 0.15) is 0 Å². The number of carbonyl (C=O) groups is 1. The SMILES string of the molecule is CCn1nccc1CNc1cc(C(=O)O)ccc1C. The first-order valence-corrected chi connectivity index (χ1v) is 6.20. The summed E-state index contributed by atoms with van der Waals surface area (Å²) >= 11 is 0. The Morgan fingerprint density at radius 3 is 2.89 bits per heavy atom. The van der Waals surface area contributed by atoms with Crippen molar-refractivity contribution >= 4 is 11.7 Å². The number of nitrogens with one attached hydrogen (secondary N) is 1. The average Bonchev–Trinajstić information content (AvgIpc) is 2.85. The monoisotopic (exact) mass is 259 g/mol. The number of nitrogens with zero attached hydrogens (tertiary/aromatic N) is 2. The highest BCUT2D eigenvalue weighted by atomic mass is 16.4. The number of carboxylic acid groups (broad SMARTS) is 1. The van der Waals surface area contributed by atoms with Crippen LogP contribution in [-0.4, -0.2) is 20.9 Å². The Kier molecular flexibility index (Phi) is 3.85. The summed E-state index contributed by atoms with van der Waals surface area (Å²) in [7, 11) is 0. The van der Waals surface area contributed by atoms with E-state index < -0.39 is 5.97 Å². The standard InChI is InChI=1S/C14H17N3O2/c1-3-17-12(6-7-16-17)9-15-13-8-11(14(18)19)5-4-10(13)2/h4-8,15H,3,9H2,1-2H3,(H,18,19). The highest BCUT2D eigenvalue weighted by Gasteiger charge is 2.07. The van der Waals surface area contributed by atoms with Crippen LogP contribution in [-0.2, 0) is 13.1 Å². The van der Waals surface area contributed by atoms with Gasteiger partial charge in [0.25, 0.3) is 0 Å². The van der Waals surface area contributed by atoms with Gasteiger partial charge in [-0.05, 0) is 37.6 Å². The van der Waals surface area contributed by atoms with E-state index >= 15 is 0 Å². The molecule has 2 N–H and O–H groups in total. The molecular weight excluding hydrogens is 242 g/mol. The quantitative estimate of drug-likeness (QED) is 0.865. The Morgan fingerprint density at radius 1 is 1.42 bits per heavy atom. The van der Waals surface area contributed by atoms with Crippen molar-refractivity contribution in [1.82, 2.24) is 9.78 Å². The number of benzene rings is 1. The first-order valence-electron chi connectivity index (χ1n) is 6.20. The van der Waals surface area contributed by atoms with Crippen LogP contribution in [0.2, 0.25) is 0 Å². The van der Waals surface area contributed by atoms with Gasteiger partial charge in [0.15, 0.2) is 0 Å². The summed E-state index contributed by atoms with van der Waals surface area (Å²) in [5.74, 6) is -0.915. The van der Waals surface area contributed by atoms with Crippen molar-refractivity contribution in [3.8, 4) is 0 Å². The van der Waals surface area contributed by atoms with Crippen LogP contribution < -0.4 is 5.32 Å². The molecule has 0 atom stereocenters. The highest BCUT2D eigenvalue weighted by Crippen LogP contribution is 2.18. The molecule has 0 saturated carbocycles.